The van der Waals surface area contributed by atoms with Crippen LogP contribution in [-0.4, -0.2) is 17.0 Å². The Labute approximate surface area is 160 Å². The Balaban J connectivity index is 1.68. The van der Waals surface area contributed by atoms with E-state index in [1.54, 1.807) is 5.41 Å². The molecule has 0 saturated heterocycles. The number of aliphatic hydroxyl groups is 1. The molecule has 26 heavy (non-hydrogen) atoms. The molecule has 0 aromatic carbocycles. The number of hydrogen-bond donors (Lipinski definition) is 1. The zero-order chi connectivity index (χ0) is 18.5. The lowest BCUT2D eigenvalue weighted by molar-refractivity contribution is -0.117. The maximum Gasteiger partial charge on any atom is 0.155 e. The molecule has 1 N–H and O–H groups in total. The van der Waals surface area contributed by atoms with E-state index >= 15 is 0 Å². The molecule has 4 aliphatic carbocycles. The quantitative estimate of drug-likeness (QED) is 0.535. The maximum atomic E-state index is 11.9. The highest BCUT2D eigenvalue weighted by Gasteiger charge is 2.59. The molecule has 3 saturated carbocycles. The van der Waals surface area contributed by atoms with Crippen molar-refractivity contribution < 1.29 is 9.90 Å². The number of thioether (sulfide) groups is 1. The van der Waals surface area contributed by atoms with E-state index in [0.717, 1.165) is 55.9 Å². The van der Waals surface area contributed by atoms with Crippen molar-refractivity contribution in [1.29, 1.82) is 5.26 Å². The fourth-order valence-electron chi connectivity index (χ4n) is 6.77. The van der Waals surface area contributed by atoms with Crippen LogP contribution >= 0.6 is 11.8 Å². The molecule has 0 radical (unpaired) electrons. The number of carbonyl (C=O) groups is 1. The zero-order valence-electron chi connectivity index (χ0n) is 15.6. The summed E-state index contributed by atoms with van der Waals surface area (Å²) in [5.41, 5.74) is 5.82. The number of rotatable bonds is 1. The first-order valence-corrected chi connectivity index (χ1v) is 10.7. The van der Waals surface area contributed by atoms with Gasteiger partial charge in [0.2, 0.25) is 0 Å². The second kappa shape index (κ2) is 6.41. The third-order valence-electron chi connectivity index (χ3n) is 8.10. The lowest BCUT2D eigenvalue weighted by Gasteiger charge is -2.57. The van der Waals surface area contributed by atoms with Crippen molar-refractivity contribution in [3.63, 3.8) is 0 Å². The number of nitrogens with zero attached hydrogens (tertiary/aromatic N) is 1. The summed E-state index contributed by atoms with van der Waals surface area (Å²) in [5, 5.41) is 23.2. The molecule has 3 nitrogen and oxygen atoms in total. The van der Waals surface area contributed by atoms with Crippen LogP contribution in [0.25, 0.3) is 0 Å². The van der Waals surface area contributed by atoms with Crippen LogP contribution in [-0.2, 0) is 4.79 Å². The zero-order valence-corrected chi connectivity index (χ0v) is 16.4. The van der Waals surface area contributed by atoms with E-state index in [9.17, 15) is 9.90 Å². The third-order valence-corrected chi connectivity index (χ3v) is 8.44. The number of thiocyanates is 1. The molecule has 4 rings (SSSR count). The van der Waals surface area contributed by atoms with Gasteiger partial charge in [0.15, 0.2) is 5.78 Å². The van der Waals surface area contributed by atoms with Crippen molar-refractivity contribution in [1.82, 2.24) is 0 Å². The molecule has 3 fully saturated rings. The number of fused-ring (bicyclic) bond motifs is 5. The van der Waals surface area contributed by atoms with Crippen molar-refractivity contribution in [2.75, 3.05) is 0 Å². The topological polar surface area (TPSA) is 61.1 Å². The van der Waals surface area contributed by atoms with Crippen LogP contribution in [0.1, 0.15) is 58.8 Å². The van der Waals surface area contributed by atoms with Gasteiger partial charge in [0.05, 0.1) is 6.10 Å². The van der Waals surface area contributed by atoms with Gasteiger partial charge in [-0.05, 0) is 79.5 Å². The number of allylic oxidation sites excluding steroid dienone is 1. The van der Waals surface area contributed by atoms with Gasteiger partial charge in [-0.1, -0.05) is 19.4 Å². The fourth-order valence-corrected chi connectivity index (χ4v) is 7.01. The minimum absolute atomic E-state index is 0.00480. The molecule has 0 aromatic rings. The van der Waals surface area contributed by atoms with Gasteiger partial charge in [0.25, 0.3) is 0 Å². The van der Waals surface area contributed by atoms with Crippen molar-refractivity contribution in [3.8, 4) is 5.40 Å². The predicted octanol–water partition coefficient (Wildman–Crippen LogP) is 4.74. The minimum atomic E-state index is -0.433. The highest BCUT2D eigenvalue weighted by molar-refractivity contribution is 8.06. The van der Waals surface area contributed by atoms with E-state index in [2.05, 4.69) is 19.6 Å². The smallest absolute Gasteiger partial charge is 0.155 e. The standard InChI is InChI=1S/C22H27NO2S/c1-21-8-5-15(24)11-14(21)3-4-16-17(21)6-9-22(2)18(7-10-26-13-23)20(25)12-19(16)22/h10-11,16-17,19-20,25H,3-6,8-9,12H2,1-2H3/t7?,16-,17+,19+,20-,21+,22-/m1/s1. The van der Waals surface area contributed by atoms with Gasteiger partial charge in [-0.3, -0.25) is 4.79 Å². The molecule has 0 spiro atoms. The fraction of sp³-hybridized carbons (Fsp3) is 0.682. The molecule has 0 aliphatic heterocycles. The number of hydrogen-bond acceptors (Lipinski definition) is 4. The van der Waals surface area contributed by atoms with Gasteiger partial charge in [-0.15, -0.1) is 5.73 Å². The van der Waals surface area contributed by atoms with Gasteiger partial charge in [0, 0.05) is 22.8 Å². The first-order valence-electron chi connectivity index (χ1n) is 9.82. The van der Waals surface area contributed by atoms with Crippen molar-refractivity contribution in [3.05, 3.63) is 28.4 Å². The minimum Gasteiger partial charge on any atom is -0.388 e. The van der Waals surface area contributed by atoms with E-state index < -0.39 is 6.10 Å². The van der Waals surface area contributed by atoms with E-state index in [4.69, 9.17) is 5.26 Å². The Kier molecular flexibility index (Phi) is 4.47. The molecular formula is C22H27NO2S. The molecule has 4 heteroatoms. The monoisotopic (exact) mass is 369 g/mol. The molecule has 0 bridgehead atoms. The summed E-state index contributed by atoms with van der Waals surface area (Å²) in [7, 11) is 0. The van der Waals surface area contributed by atoms with Crippen LogP contribution in [0.5, 0.6) is 0 Å². The van der Waals surface area contributed by atoms with Crippen LogP contribution in [0.4, 0.5) is 0 Å². The lowest BCUT2D eigenvalue weighted by atomic mass is 9.47. The van der Waals surface area contributed by atoms with Crippen LogP contribution < -0.4 is 0 Å². The Morgan fingerprint density at radius 2 is 2.04 bits per heavy atom. The molecule has 4 aliphatic rings. The van der Waals surface area contributed by atoms with Gasteiger partial charge in [-0.25, -0.2) is 0 Å². The maximum absolute atomic E-state index is 11.9. The molecule has 0 heterocycles. The van der Waals surface area contributed by atoms with Gasteiger partial charge in [-0.2, -0.15) is 5.26 Å². The van der Waals surface area contributed by atoms with Crippen molar-refractivity contribution in [2.24, 2.45) is 28.6 Å². The van der Waals surface area contributed by atoms with Crippen LogP contribution in [0, 0.1) is 39.2 Å². The number of aliphatic hydroxyl groups excluding tert-OH is 1. The summed E-state index contributed by atoms with van der Waals surface area (Å²) in [4.78, 5) is 11.9. The Morgan fingerprint density at radius 1 is 1.23 bits per heavy atom. The van der Waals surface area contributed by atoms with Gasteiger partial charge < -0.3 is 5.11 Å². The number of nitriles is 1. The van der Waals surface area contributed by atoms with E-state index in [1.165, 1.54) is 5.57 Å². The summed E-state index contributed by atoms with van der Waals surface area (Å²) in [6.45, 7) is 4.69. The highest BCUT2D eigenvalue weighted by Crippen LogP contribution is 2.66. The average Bonchev–Trinajstić information content (AvgIpc) is 2.87. The molecule has 6 atom stereocenters. The number of ketones is 1. The lowest BCUT2D eigenvalue weighted by Crippen LogP contribution is -2.49. The van der Waals surface area contributed by atoms with E-state index in [1.807, 2.05) is 11.5 Å². The third kappa shape index (κ3) is 2.56. The van der Waals surface area contributed by atoms with Crippen molar-refractivity contribution in [2.45, 2.75) is 64.9 Å². The SMILES string of the molecule is C[C@]12CCC(=O)C=C1CC[C@@H]1[C@@H]2CC[C@]2(C)C(=C=CSC#N)[C@H](O)C[C@@H]12. The Hall–Kier alpha value is -1.27. The summed E-state index contributed by atoms with van der Waals surface area (Å²) in [6.07, 6.45) is 8.41. The summed E-state index contributed by atoms with van der Waals surface area (Å²) in [6, 6.07) is 0. The van der Waals surface area contributed by atoms with Crippen LogP contribution in [0.2, 0.25) is 0 Å². The van der Waals surface area contributed by atoms with Crippen LogP contribution in [0.3, 0.4) is 0 Å². The molecular weight excluding hydrogens is 342 g/mol. The molecule has 0 aromatic heterocycles. The van der Waals surface area contributed by atoms with Crippen LogP contribution in [0.15, 0.2) is 28.4 Å². The second-order valence-corrected chi connectivity index (χ2v) is 9.72. The first-order chi connectivity index (χ1) is 12.4. The molecule has 0 amide bonds. The Morgan fingerprint density at radius 3 is 2.81 bits per heavy atom. The average molecular weight is 370 g/mol. The molecule has 138 valence electrons. The normalized spacial score (nSPS) is 44.2. The van der Waals surface area contributed by atoms with Crippen molar-refractivity contribution >= 4 is 17.5 Å². The summed E-state index contributed by atoms with van der Waals surface area (Å²) < 4.78 is 0. The first kappa shape index (κ1) is 18.1. The largest absolute Gasteiger partial charge is 0.388 e. The summed E-state index contributed by atoms with van der Waals surface area (Å²) >= 11 is 1.07. The van der Waals surface area contributed by atoms with E-state index in [0.29, 0.717) is 30.0 Å². The molecule has 0 unspecified atom stereocenters. The van der Waals surface area contributed by atoms with Gasteiger partial charge >= 0.3 is 0 Å². The highest BCUT2D eigenvalue weighted by atomic mass is 32.2. The Bertz CT molecular complexity index is 772. The van der Waals surface area contributed by atoms with E-state index in [-0.39, 0.29) is 10.8 Å². The predicted molar refractivity (Wildman–Crippen MR) is 103 cm³/mol. The second-order valence-electron chi connectivity index (χ2n) is 9.06. The van der Waals surface area contributed by atoms with Gasteiger partial charge in [0.1, 0.15) is 5.40 Å². The number of carbonyl (C=O) groups excluding carboxylic acids is 1. The summed E-state index contributed by atoms with van der Waals surface area (Å²) in [5.74, 6) is 2.02.